The number of rotatable bonds is 4. The molecule has 8 aromatic rings. The summed E-state index contributed by atoms with van der Waals surface area (Å²) in [5.74, 6) is 3.38. The van der Waals surface area contributed by atoms with Gasteiger partial charge in [0, 0.05) is 32.5 Å². The molecule has 2 aliphatic rings. The zero-order chi connectivity index (χ0) is 41.4. The van der Waals surface area contributed by atoms with Crippen molar-refractivity contribution in [1.82, 2.24) is 29.4 Å². The summed E-state index contributed by atoms with van der Waals surface area (Å²) in [5.41, 5.74) is 4.48. The maximum Gasteiger partial charge on any atom is 0.418 e. The van der Waals surface area contributed by atoms with Crippen LogP contribution < -0.4 is 15.9 Å². The Labute approximate surface area is 341 Å². The van der Waals surface area contributed by atoms with E-state index in [1.165, 1.54) is 6.07 Å². The molecule has 0 fully saturated rings. The molecule has 0 unspecified atom stereocenters. The molecular weight excluding hydrogens is 760 g/mol. The number of amidine groups is 2. The number of alkyl halides is 3. The number of nitrogens with one attached hydrogen (secondary N) is 1. The molecule has 0 spiro atoms. The van der Waals surface area contributed by atoms with Crippen molar-refractivity contribution in [2.45, 2.75) is 40.3 Å². The molecule has 9 nitrogen and oxygen atoms in total. The third-order valence-electron chi connectivity index (χ3n) is 11.0. The minimum atomic E-state index is -4.79. The molecule has 3 aromatic heterocycles. The highest BCUT2D eigenvalue weighted by atomic mass is 19.4. The van der Waals surface area contributed by atoms with E-state index in [2.05, 4.69) is 36.3 Å². The Morgan fingerprint density at radius 1 is 0.700 bits per heavy atom. The number of aromatic nitrogens is 5. The highest BCUT2D eigenvalue weighted by Crippen LogP contribution is 2.44. The molecule has 1 aliphatic heterocycles. The Morgan fingerprint density at radius 3 is 2.25 bits per heavy atom. The number of allylic oxidation sites excluding steroid dienone is 2. The van der Waals surface area contributed by atoms with Crippen molar-refractivity contribution in [2.24, 2.45) is 9.98 Å². The average molecular weight is 794 g/mol. The lowest BCUT2D eigenvalue weighted by Crippen LogP contribution is -2.28. The van der Waals surface area contributed by atoms with Gasteiger partial charge in [0.15, 0.2) is 5.82 Å². The van der Waals surface area contributed by atoms with Gasteiger partial charge in [-0.2, -0.15) is 18.4 Å². The summed E-state index contributed by atoms with van der Waals surface area (Å²) in [5, 5.41) is 17.2. The standard InChI is InChI=1S/C48H34F3N9/c1-26-53-27(2)56-46(55-26)32-16-18-36-34-12-5-7-14-40(34)59(42(36)21-32)44-24-39(48(49,50)51)45(23-38(44)31-11-9-10-30(20-31)25-52)60-41-15-8-6-13-35(41)37-19-17-33(22-43(37)60)47-57-28(3)54-29(4)58-47/h5-12,14-24H,13H2,1-4H3,(H,54,57,58). The first kappa shape index (κ1) is 36.7. The number of halogens is 3. The van der Waals surface area contributed by atoms with Crippen LogP contribution >= 0.6 is 0 Å². The Kier molecular flexibility index (Phi) is 8.40. The predicted octanol–water partition coefficient (Wildman–Crippen LogP) is 9.15. The van der Waals surface area contributed by atoms with Crippen LogP contribution in [0.1, 0.15) is 42.2 Å². The summed E-state index contributed by atoms with van der Waals surface area (Å²) in [7, 11) is 0. The van der Waals surface area contributed by atoms with Gasteiger partial charge in [0.25, 0.3) is 0 Å². The number of para-hydroxylation sites is 1. The molecule has 0 amide bonds. The molecule has 292 valence electrons. The van der Waals surface area contributed by atoms with Gasteiger partial charge in [0.1, 0.15) is 29.1 Å². The lowest BCUT2D eigenvalue weighted by molar-refractivity contribution is -0.137. The summed E-state index contributed by atoms with van der Waals surface area (Å²) in [6.07, 6.45) is 1.52. The van der Waals surface area contributed by atoms with E-state index in [1.54, 1.807) is 49.6 Å². The molecule has 4 heterocycles. The second-order valence-electron chi connectivity index (χ2n) is 15.0. The molecule has 12 heteroatoms. The Hall–Kier alpha value is -7.65. The normalized spacial score (nSPS) is 14.8. The largest absolute Gasteiger partial charge is 0.418 e. The molecule has 0 bridgehead atoms. The third kappa shape index (κ3) is 6.05. The first-order valence-corrected chi connectivity index (χ1v) is 19.4. The van der Waals surface area contributed by atoms with Gasteiger partial charge in [-0.15, -0.1) is 0 Å². The molecular formula is C48H34F3N9. The fourth-order valence-corrected chi connectivity index (χ4v) is 8.58. The molecule has 60 heavy (non-hydrogen) atoms. The van der Waals surface area contributed by atoms with Crippen LogP contribution in [0.15, 0.2) is 119 Å². The molecule has 0 radical (unpaired) electrons. The summed E-state index contributed by atoms with van der Waals surface area (Å²) < 4.78 is 51.7. The van der Waals surface area contributed by atoms with Gasteiger partial charge >= 0.3 is 6.18 Å². The van der Waals surface area contributed by atoms with Crippen molar-refractivity contribution >= 4 is 56.3 Å². The fraction of sp³-hybridized carbons (Fsp3) is 0.125. The van der Waals surface area contributed by atoms with E-state index in [0.717, 1.165) is 21.7 Å². The smallest absolute Gasteiger partial charge is 0.328 e. The van der Waals surface area contributed by atoms with Crippen LogP contribution in [0.2, 0.25) is 0 Å². The van der Waals surface area contributed by atoms with E-state index in [0.29, 0.717) is 96.4 Å². The zero-order valence-corrected chi connectivity index (χ0v) is 32.9. The summed E-state index contributed by atoms with van der Waals surface area (Å²) in [6.45, 7) is 7.24. The maximum absolute atomic E-state index is 16.0. The topological polar surface area (TPSA) is 109 Å². The Bertz CT molecular complexity index is 3410. The number of aryl methyl sites for hydroxylation is 2. The molecule has 10 rings (SSSR count). The molecule has 0 atom stereocenters. The van der Waals surface area contributed by atoms with E-state index in [-0.39, 0.29) is 5.69 Å². The summed E-state index contributed by atoms with van der Waals surface area (Å²) >= 11 is 0. The van der Waals surface area contributed by atoms with Crippen molar-refractivity contribution < 1.29 is 13.2 Å². The fourth-order valence-electron chi connectivity index (χ4n) is 8.58. The minimum Gasteiger partial charge on any atom is -0.328 e. The second kappa shape index (κ2) is 13.7. The van der Waals surface area contributed by atoms with Crippen LogP contribution in [0.3, 0.4) is 0 Å². The quantitative estimate of drug-likeness (QED) is 0.191. The van der Waals surface area contributed by atoms with Gasteiger partial charge in [0.2, 0.25) is 0 Å². The number of hydrogen-bond donors (Lipinski definition) is 1. The third-order valence-corrected chi connectivity index (χ3v) is 11.0. The van der Waals surface area contributed by atoms with E-state index in [1.807, 2.05) is 96.4 Å². The number of hydrogen-bond acceptors (Lipinski definition) is 7. The number of benzene rings is 5. The molecule has 1 aliphatic carbocycles. The van der Waals surface area contributed by atoms with E-state index in [4.69, 9.17) is 0 Å². The highest BCUT2D eigenvalue weighted by molar-refractivity contribution is 6.11. The van der Waals surface area contributed by atoms with Gasteiger partial charge in [-0.1, -0.05) is 66.7 Å². The predicted molar refractivity (Wildman–Crippen MR) is 230 cm³/mol. The van der Waals surface area contributed by atoms with Crippen molar-refractivity contribution in [2.75, 3.05) is 0 Å². The van der Waals surface area contributed by atoms with Crippen LogP contribution in [0, 0.1) is 25.2 Å². The van der Waals surface area contributed by atoms with Crippen molar-refractivity contribution in [3.05, 3.63) is 148 Å². The average Bonchev–Trinajstić information content (AvgIpc) is 3.74. The molecule has 1 N–H and O–H groups in total. The van der Waals surface area contributed by atoms with Crippen molar-refractivity contribution in [3.8, 4) is 40.0 Å². The highest BCUT2D eigenvalue weighted by Gasteiger charge is 2.37. The first-order chi connectivity index (χ1) is 28.9. The Balaban J connectivity index is 1.34. The summed E-state index contributed by atoms with van der Waals surface area (Å²) in [4.78, 5) is 22.6. The van der Waals surface area contributed by atoms with Crippen molar-refractivity contribution in [3.63, 3.8) is 0 Å². The van der Waals surface area contributed by atoms with Crippen LogP contribution in [-0.4, -0.2) is 35.8 Å². The molecule has 0 saturated carbocycles. The first-order valence-electron chi connectivity index (χ1n) is 19.4. The molecule has 0 saturated heterocycles. The van der Waals surface area contributed by atoms with Crippen LogP contribution in [-0.2, 0) is 12.6 Å². The van der Waals surface area contributed by atoms with Crippen LogP contribution in [0.25, 0.3) is 78.5 Å². The number of nitrogens with zero attached hydrogens (tertiary/aromatic N) is 8. The monoisotopic (exact) mass is 793 g/mol. The lowest BCUT2D eigenvalue weighted by Gasteiger charge is -2.22. The lowest BCUT2D eigenvalue weighted by atomic mass is 9.97. The van der Waals surface area contributed by atoms with E-state index >= 15 is 13.2 Å². The van der Waals surface area contributed by atoms with Crippen LogP contribution in [0.4, 0.5) is 13.2 Å². The molecule has 5 aromatic carbocycles. The van der Waals surface area contributed by atoms with Gasteiger partial charge < -0.3 is 14.5 Å². The minimum absolute atomic E-state index is 0.0461. The van der Waals surface area contributed by atoms with Crippen LogP contribution in [0.5, 0.6) is 0 Å². The Morgan fingerprint density at radius 2 is 1.47 bits per heavy atom. The van der Waals surface area contributed by atoms with Gasteiger partial charge in [0.05, 0.1) is 50.5 Å². The zero-order valence-electron chi connectivity index (χ0n) is 32.9. The number of fused-ring (bicyclic) bond motifs is 6. The van der Waals surface area contributed by atoms with Gasteiger partial charge in [-0.3, -0.25) is 0 Å². The van der Waals surface area contributed by atoms with Gasteiger partial charge in [-0.25, -0.2) is 24.9 Å². The number of nitriles is 1. The SMILES string of the molecule is CC1=NC(=c2ccc3c4c(n(-c5cc(-c6cccc(C#N)c6)c(-n6c7ccccc7c7ccc(-c8nc(C)nc(C)n8)cc76)cc5C(F)(F)F)c3c2)=CC=CC4)NC(C)=N1. The second-order valence-corrected chi connectivity index (χ2v) is 15.0. The van der Waals surface area contributed by atoms with Crippen molar-refractivity contribution in [1.29, 1.82) is 5.26 Å². The summed E-state index contributed by atoms with van der Waals surface area (Å²) in [6, 6.07) is 31.4. The van der Waals surface area contributed by atoms with Gasteiger partial charge in [-0.05, 0) is 93.8 Å². The maximum atomic E-state index is 16.0. The van der Waals surface area contributed by atoms with E-state index < -0.39 is 11.7 Å². The number of aliphatic imine (C=N–C) groups is 2. The van der Waals surface area contributed by atoms with E-state index in [9.17, 15) is 5.26 Å².